The molecule has 0 saturated heterocycles. The third-order valence-electron chi connectivity index (χ3n) is 6.22. The number of para-hydroxylation sites is 1. The summed E-state index contributed by atoms with van der Waals surface area (Å²) in [4.78, 5) is 42.7. The van der Waals surface area contributed by atoms with Crippen molar-refractivity contribution in [2.24, 2.45) is 4.99 Å². The molecule has 0 aliphatic carbocycles. The topological polar surface area (TPSA) is 93.7 Å². The summed E-state index contributed by atoms with van der Waals surface area (Å²) in [5.74, 6) is -1.55. The molecule has 184 valence electrons. The average Bonchev–Trinajstić information content (AvgIpc) is 2.77. The van der Waals surface area contributed by atoms with Crippen molar-refractivity contribution in [1.82, 2.24) is 9.13 Å². The number of hydrogen-bond donors (Lipinski definition) is 1. The minimum absolute atomic E-state index is 0. The molecule has 0 radical (unpaired) electrons. The number of nitrogens with zero attached hydrogens (tertiary/aromatic N) is 3. The number of halogens is 4. The molecule has 2 heterocycles. The third kappa shape index (κ3) is 4.41. The van der Waals surface area contributed by atoms with Crippen molar-refractivity contribution >= 4 is 30.3 Å². The lowest BCUT2D eigenvalue weighted by molar-refractivity contribution is -0.138. The van der Waals surface area contributed by atoms with E-state index in [-0.39, 0.29) is 30.0 Å². The van der Waals surface area contributed by atoms with Crippen molar-refractivity contribution in [2.45, 2.75) is 38.5 Å². The second kappa shape index (κ2) is 9.18. The molecule has 0 spiro atoms. The first-order valence-electron chi connectivity index (χ1n) is 10.3. The maximum atomic E-state index is 13.5. The summed E-state index contributed by atoms with van der Waals surface area (Å²) < 4.78 is 41.9. The average molecular weight is 508 g/mol. The summed E-state index contributed by atoms with van der Waals surface area (Å²) in [5, 5.41) is 9.65. The Morgan fingerprint density at radius 2 is 1.83 bits per heavy atom. The van der Waals surface area contributed by atoms with E-state index >= 15 is 0 Å². The fraction of sp³-hybridized carbons (Fsp3) is 0.250. The zero-order valence-corrected chi connectivity index (χ0v) is 19.5. The van der Waals surface area contributed by atoms with Gasteiger partial charge in [0.1, 0.15) is 5.56 Å². The molecule has 35 heavy (non-hydrogen) atoms. The second-order valence-corrected chi connectivity index (χ2v) is 8.29. The van der Waals surface area contributed by atoms with E-state index < -0.39 is 46.6 Å². The van der Waals surface area contributed by atoms with E-state index in [0.29, 0.717) is 15.8 Å². The van der Waals surface area contributed by atoms with Crippen LogP contribution in [0, 0.1) is 6.92 Å². The number of benzene rings is 2. The Hall–Kier alpha value is -3.66. The van der Waals surface area contributed by atoms with Gasteiger partial charge in [0.25, 0.3) is 5.56 Å². The maximum Gasteiger partial charge on any atom is 0.416 e. The Labute approximate surface area is 203 Å². The first-order chi connectivity index (χ1) is 15.9. The number of carbonyl (C=O) groups is 1. The maximum absolute atomic E-state index is 13.5. The minimum Gasteiger partial charge on any atom is -0.477 e. The molecule has 0 amide bonds. The normalized spacial score (nSPS) is 16.9. The van der Waals surface area contributed by atoms with Crippen LogP contribution in [-0.2, 0) is 18.3 Å². The van der Waals surface area contributed by atoms with Gasteiger partial charge in [-0.25, -0.2) is 9.59 Å². The standard InChI is InChI=1S/C24H20F3N3O4.ClH/c1-14-15(6-5-8-17(14)24(25,26)27)12-29-20(31)16(21(32)33)13-30(22(29)34)23(2)10-11-28-19-9-4-3-7-18(19)23;/h3-9,11,13H,10,12H2,1-2H3,(H,32,33);1H. The number of rotatable bonds is 4. The highest BCUT2D eigenvalue weighted by Crippen LogP contribution is 2.38. The van der Waals surface area contributed by atoms with Gasteiger partial charge in [0.15, 0.2) is 0 Å². The number of alkyl halides is 3. The number of aromatic nitrogens is 2. The molecule has 4 rings (SSSR count). The second-order valence-electron chi connectivity index (χ2n) is 8.29. The van der Waals surface area contributed by atoms with Crippen LogP contribution in [-0.4, -0.2) is 26.4 Å². The molecule has 0 fully saturated rings. The van der Waals surface area contributed by atoms with Gasteiger partial charge in [-0.2, -0.15) is 13.2 Å². The predicted octanol–water partition coefficient (Wildman–Crippen LogP) is 4.38. The SMILES string of the molecule is Cc1c(Cn2c(=O)c(C(=O)O)cn(C3(C)CC=Nc4ccccc43)c2=O)cccc1C(F)(F)F.Cl. The first kappa shape index (κ1) is 26.0. The zero-order valence-electron chi connectivity index (χ0n) is 18.7. The van der Waals surface area contributed by atoms with Crippen LogP contribution in [0.4, 0.5) is 18.9 Å². The van der Waals surface area contributed by atoms with Crippen LogP contribution in [0.25, 0.3) is 0 Å². The molecule has 11 heteroatoms. The van der Waals surface area contributed by atoms with Crippen LogP contribution in [0.1, 0.15) is 46.0 Å². The number of carboxylic acids is 1. The zero-order chi connectivity index (χ0) is 24.8. The van der Waals surface area contributed by atoms with E-state index in [2.05, 4.69) is 4.99 Å². The lowest BCUT2D eigenvalue weighted by Crippen LogP contribution is -2.49. The summed E-state index contributed by atoms with van der Waals surface area (Å²) in [7, 11) is 0. The van der Waals surface area contributed by atoms with Gasteiger partial charge in [-0.15, -0.1) is 12.4 Å². The lowest BCUT2D eigenvalue weighted by atomic mass is 9.85. The van der Waals surface area contributed by atoms with Crippen LogP contribution < -0.4 is 11.2 Å². The molecule has 1 aliphatic rings. The van der Waals surface area contributed by atoms with Gasteiger partial charge < -0.3 is 5.11 Å². The molecule has 1 atom stereocenters. The number of carboxylic acid groups (broad SMARTS) is 1. The number of hydrogen-bond acceptors (Lipinski definition) is 4. The molecule has 2 aromatic carbocycles. The van der Waals surface area contributed by atoms with Crippen molar-refractivity contribution in [3.05, 3.63) is 97.3 Å². The Bertz CT molecular complexity index is 1460. The van der Waals surface area contributed by atoms with E-state index in [1.54, 1.807) is 37.4 Å². The Morgan fingerprint density at radius 3 is 2.49 bits per heavy atom. The van der Waals surface area contributed by atoms with Gasteiger partial charge >= 0.3 is 17.8 Å². The van der Waals surface area contributed by atoms with Crippen LogP contribution >= 0.6 is 12.4 Å². The first-order valence-corrected chi connectivity index (χ1v) is 10.3. The van der Waals surface area contributed by atoms with Gasteiger partial charge in [-0.05, 0) is 37.1 Å². The molecule has 1 aromatic heterocycles. The van der Waals surface area contributed by atoms with Gasteiger partial charge in [-0.3, -0.25) is 18.9 Å². The van der Waals surface area contributed by atoms with Crippen molar-refractivity contribution in [2.75, 3.05) is 0 Å². The fourth-order valence-electron chi connectivity index (χ4n) is 4.28. The minimum atomic E-state index is -4.62. The Morgan fingerprint density at radius 1 is 1.14 bits per heavy atom. The summed E-state index contributed by atoms with van der Waals surface area (Å²) in [6.07, 6.45) is -1.78. The van der Waals surface area contributed by atoms with E-state index in [1.807, 2.05) is 0 Å². The molecule has 7 nitrogen and oxygen atoms in total. The third-order valence-corrected chi connectivity index (χ3v) is 6.22. The van der Waals surface area contributed by atoms with Gasteiger partial charge in [0.2, 0.25) is 0 Å². The summed E-state index contributed by atoms with van der Waals surface area (Å²) >= 11 is 0. The highest BCUT2D eigenvalue weighted by Gasteiger charge is 2.36. The van der Waals surface area contributed by atoms with E-state index in [9.17, 15) is 32.7 Å². The molecular weight excluding hydrogens is 487 g/mol. The molecule has 1 N–H and O–H groups in total. The Balaban J connectivity index is 0.00000342. The Kier molecular flexibility index (Phi) is 6.81. The summed E-state index contributed by atoms with van der Waals surface area (Å²) in [6, 6.07) is 10.5. The smallest absolute Gasteiger partial charge is 0.416 e. The predicted molar refractivity (Wildman–Crippen MR) is 126 cm³/mol. The van der Waals surface area contributed by atoms with Crippen LogP contribution in [0.15, 0.2) is 63.2 Å². The van der Waals surface area contributed by atoms with E-state index in [4.69, 9.17) is 0 Å². The highest BCUT2D eigenvalue weighted by atomic mass is 35.5. The molecule has 0 bridgehead atoms. The fourth-order valence-corrected chi connectivity index (χ4v) is 4.28. The van der Waals surface area contributed by atoms with Crippen LogP contribution in [0.3, 0.4) is 0 Å². The number of aliphatic imine (C=N–C) groups is 1. The molecule has 1 unspecified atom stereocenters. The van der Waals surface area contributed by atoms with Gasteiger partial charge in [0, 0.05) is 24.4 Å². The van der Waals surface area contributed by atoms with E-state index in [1.165, 1.54) is 19.1 Å². The van der Waals surface area contributed by atoms with Crippen molar-refractivity contribution < 1.29 is 23.1 Å². The van der Waals surface area contributed by atoms with Crippen molar-refractivity contribution in [3.63, 3.8) is 0 Å². The van der Waals surface area contributed by atoms with Gasteiger partial charge in [0.05, 0.1) is 23.3 Å². The molecule has 3 aromatic rings. The molecule has 1 aliphatic heterocycles. The van der Waals surface area contributed by atoms with E-state index in [0.717, 1.165) is 16.8 Å². The quantitative estimate of drug-likeness (QED) is 0.567. The van der Waals surface area contributed by atoms with Crippen molar-refractivity contribution in [3.8, 4) is 0 Å². The summed E-state index contributed by atoms with van der Waals surface area (Å²) in [5.41, 5.74) is -3.37. The van der Waals surface area contributed by atoms with Crippen LogP contribution in [0.2, 0.25) is 0 Å². The van der Waals surface area contributed by atoms with Crippen LogP contribution in [0.5, 0.6) is 0 Å². The number of aromatic carboxylic acids is 1. The number of fused-ring (bicyclic) bond motifs is 1. The van der Waals surface area contributed by atoms with Crippen molar-refractivity contribution in [1.29, 1.82) is 0 Å². The molecule has 0 saturated carbocycles. The summed E-state index contributed by atoms with van der Waals surface area (Å²) in [6.45, 7) is 2.45. The largest absolute Gasteiger partial charge is 0.477 e. The monoisotopic (exact) mass is 507 g/mol. The molecular formula is C24H21ClF3N3O4. The lowest BCUT2D eigenvalue weighted by Gasteiger charge is -2.35. The van der Waals surface area contributed by atoms with Gasteiger partial charge in [-0.1, -0.05) is 30.3 Å². The highest BCUT2D eigenvalue weighted by molar-refractivity contribution is 5.86.